The number of likely N-dealkylation sites (tertiary alicyclic amines) is 1. The molecule has 3 nitrogen and oxygen atoms in total. The predicted octanol–water partition coefficient (Wildman–Crippen LogP) is 3.70. The molecule has 1 amide bonds. The van der Waals surface area contributed by atoms with Gasteiger partial charge in [-0.25, -0.2) is 0 Å². The Morgan fingerprint density at radius 3 is 2.04 bits per heavy atom. The standard InChI is InChI=1S/C22H26N2O/c23-21(25)22(13-8-16-24-14-6-1-7-15-24)19-11-4-2-9-17(19)18-10-3-5-12-20(18)22/h2-5,9-12H,1,6-8,13-16H2,(H2,23,25). The summed E-state index contributed by atoms with van der Waals surface area (Å²) in [5.74, 6) is -0.219. The SMILES string of the molecule is NC(=O)C1(CCCN2CCCCC2)c2ccccc2-c2ccccc21. The first-order valence-corrected chi connectivity index (χ1v) is 9.45. The molecular formula is C22H26N2O. The molecule has 2 aromatic rings. The molecule has 0 saturated carbocycles. The zero-order valence-electron chi connectivity index (χ0n) is 14.7. The summed E-state index contributed by atoms with van der Waals surface area (Å²) in [6, 6.07) is 16.5. The van der Waals surface area contributed by atoms with E-state index in [4.69, 9.17) is 5.73 Å². The van der Waals surface area contributed by atoms with E-state index < -0.39 is 5.41 Å². The van der Waals surface area contributed by atoms with Crippen LogP contribution >= 0.6 is 0 Å². The Morgan fingerprint density at radius 1 is 0.920 bits per heavy atom. The van der Waals surface area contributed by atoms with Crippen molar-refractivity contribution in [2.45, 2.75) is 37.5 Å². The van der Waals surface area contributed by atoms with Crippen molar-refractivity contribution in [3.05, 3.63) is 59.7 Å². The Balaban J connectivity index is 1.66. The molecule has 1 aliphatic heterocycles. The van der Waals surface area contributed by atoms with E-state index in [0.29, 0.717) is 0 Å². The lowest BCUT2D eigenvalue weighted by atomic mass is 9.74. The van der Waals surface area contributed by atoms with Crippen molar-refractivity contribution in [2.24, 2.45) is 5.73 Å². The van der Waals surface area contributed by atoms with Crippen molar-refractivity contribution in [2.75, 3.05) is 19.6 Å². The molecule has 0 unspecified atom stereocenters. The van der Waals surface area contributed by atoms with Crippen LogP contribution in [0.3, 0.4) is 0 Å². The monoisotopic (exact) mass is 334 g/mol. The number of nitrogens with zero attached hydrogens (tertiary/aromatic N) is 1. The van der Waals surface area contributed by atoms with Crippen LogP contribution in [0, 0.1) is 0 Å². The number of amides is 1. The molecule has 1 heterocycles. The Hall–Kier alpha value is -2.13. The summed E-state index contributed by atoms with van der Waals surface area (Å²) in [6.07, 6.45) is 5.72. The van der Waals surface area contributed by atoms with E-state index in [1.54, 1.807) is 0 Å². The van der Waals surface area contributed by atoms with E-state index in [9.17, 15) is 4.79 Å². The van der Waals surface area contributed by atoms with Crippen molar-refractivity contribution >= 4 is 5.91 Å². The number of carbonyl (C=O) groups excluding carboxylic acids is 1. The van der Waals surface area contributed by atoms with Crippen molar-refractivity contribution in [3.63, 3.8) is 0 Å². The lowest BCUT2D eigenvalue weighted by Gasteiger charge is -2.31. The van der Waals surface area contributed by atoms with E-state index in [2.05, 4.69) is 29.2 Å². The summed E-state index contributed by atoms with van der Waals surface area (Å²) in [6.45, 7) is 3.44. The largest absolute Gasteiger partial charge is 0.369 e. The summed E-state index contributed by atoms with van der Waals surface area (Å²) in [4.78, 5) is 15.3. The summed E-state index contributed by atoms with van der Waals surface area (Å²) < 4.78 is 0. The maximum Gasteiger partial charge on any atom is 0.232 e. The molecule has 0 radical (unpaired) electrons. The van der Waals surface area contributed by atoms with Crippen LogP contribution in [0.4, 0.5) is 0 Å². The first-order chi connectivity index (χ1) is 12.2. The molecule has 2 N–H and O–H groups in total. The van der Waals surface area contributed by atoms with Gasteiger partial charge in [-0.05, 0) is 67.6 Å². The Labute approximate surface area is 149 Å². The number of hydrogen-bond acceptors (Lipinski definition) is 2. The molecule has 4 rings (SSSR count). The lowest BCUT2D eigenvalue weighted by Crippen LogP contribution is -2.41. The van der Waals surface area contributed by atoms with Gasteiger partial charge in [0.1, 0.15) is 0 Å². The fourth-order valence-electron chi connectivity index (χ4n) is 4.73. The van der Waals surface area contributed by atoms with Gasteiger partial charge in [0.2, 0.25) is 5.91 Å². The van der Waals surface area contributed by atoms with Crippen LogP contribution < -0.4 is 5.73 Å². The molecule has 0 spiro atoms. The highest BCUT2D eigenvalue weighted by atomic mass is 16.1. The molecule has 0 bridgehead atoms. The number of fused-ring (bicyclic) bond motifs is 3. The molecule has 0 aromatic heterocycles. The quantitative estimate of drug-likeness (QED) is 0.906. The van der Waals surface area contributed by atoms with E-state index in [-0.39, 0.29) is 5.91 Å². The molecule has 1 aliphatic carbocycles. The van der Waals surface area contributed by atoms with Crippen LogP contribution in [-0.4, -0.2) is 30.4 Å². The molecule has 130 valence electrons. The Bertz CT molecular complexity index is 732. The van der Waals surface area contributed by atoms with Gasteiger partial charge < -0.3 is 10.6 Å². The number of piperidine rings is 1. The Kier molecular flexibility index (Phi) is 4.34. The zero-order chi connectivity index (χ0) is 17.3. The van der Waals surface area contributed by atoms with Crippen LogP contribution in [0.15, 0.2) is 48.5 Å². The topological polar surface area (TPSA) is 46.3 Å². The maximum absolute atomic E-state index is 12.7. The second-order valence-corrected chi connectivity index (χ2v) is 7.37. The maximum atomic E-state index is 12.7. The smallest absolute Gasteiger partial charge is 0.232 e. The number of hydrogen-bond donors (Lipinski definition) is 1. The van der Waals surface area contributed by atoms with E-state index in [0.717, 1.165) is 41.6 Å². The average molecular weight is 334 g/mol. The molecule has 3 heteroatoms. The summed E-state index contributed by atoms with van der Waals surface area (Å²) in [5, 5.41) is 0. The normalized spacial score (nSPS) is 18.6. The van der Waals surface area contributed by atoms with Gasteiger partial charge >= 0.3 is 0 Å². The van der Waals surface area contributed by atoms with Crippen molar-refractivity contribution in [1.82, 2.24) is 4.90 Å². The van der Waals surface area contributed by atoms with Crippen molar-refractivity contribution in [1.29, 1.82) is 0 Å². The second kappa shape index (κ2) is 6.64. The van der Waals surface area contributed by atoms with Gasteiger partial charge in [0, 0.05) is 0 Å². The van der Waals surface area contributed by atoms with E-state index >= 15 is 0 Å². The fourth-order valence-corrected chi connectivity index (χ4v) is 4.73. The average Bonchev–Trinajstić information content (AvgIpc) is 2.94. The van der Waals surface area contributed by atoms with Crippen LogP contribution in [0.1, 0.15) is 43.2 Å². The molecule has 2 aliphatic rings. The van der Waals surface area contributed by atoms with Crippen LogP contribution in [-0.2, 0) is 10.2 Å². The van der Waals surface area contributed by atoms with Gasteiger partial charge in [-0.2, -0.15) is 0 Å². The first-order valence-electron chi connectivity index (χ1n) is 9.45. The fraction of sp³-hybridized carbons (Fsp3) is 0.409. The van der Waals surface area contributed by atoms with Gasteiger partial charge in [0.25, 0.3) is 0 Å². The number of nitrogens with two attached hydrogens (primary N) is 1. The summed E-state index contributed by atoms with van der Waals surface area (Å²) >= 11 is 0. The number of rotatable bonds is 5. The van der Waals surface area contributed by atoms with E-state index in [1.807, 2.05) is 24.3 Å². The van der Waals surface area contributed by atoms with Gasteiger partial charge in [0.05, 0.1) is 5.41 Å². The third-order valence-corrected chi connectivity index (χ3v) is 5.96. The van der Waals surface area contributed by atoms with Crippen molar-refractivity contribution in [3.8, 4) is 11.1 Å². The van der Waals surface area contributed by atoms with Gasteiger partial charge in [-0.3, -0.25) is 4.79 Å². The molecule has 25 heavy (non-hydrogen) atoms. The minimum Gasteiger partial charge on any atom is -0.369 e. The van der Waals surface area contributed by atoms with Crippen molar-refractivity contribution < 1.29 is 4.79 Å². The highest BCUT2D eigenvalue weighted by Gasteiger charge is 2.47. The molecular weight excluding hydrogens is 308 g/mol. The third kappa shape index (κ3) is 2.67. The number of benzene rings is 2. The molecule has 0 atom stereocenters. The minimum atomic E-state index is -0.678. The van der Waals surface area contributed by atoms with Gasteiger partial charge in [-0.1, -0.05) is 55.0 Å². The number of carbonyl (C=O) groups is 1. The summed E-state index contributed by atoms with van der Waals surface area (Å²) in [7, 11) is 0. The van der Waals surface area contributed by atoms with Crippen LogP contribution in [0.25, 0.3) is 11.1 Å². The lowest BCUT2D eigenvalue weighted by molar-refractivity contribution is -0.122. The number of primary amides is 1. The molecule has 1 saturated heterocycles. The second-order valence-electron chi connectivity index (χ2n) is 7.37. The zero-order valence-corrected chi connectivity index (χ0v) is 14.7. The highest BCUT2D eigenvalue weighted by molar-refractivity contribution is 5.99. The van der Waals surface area contributed by atoms with Gasteiger partial charge in [-0.15, -0.1) is 0 Å². The summed E-state index contributed by atoms with van der Waals surface area (Å²) in [5.41, 5.74) is 9.85. The van der Waals surface area contributed by atoms with Crippen LogP contribution in [0.2, 0.25) is 0 Å². The first kappa shape index (κ1) is 16.3. The molecule has 1 fully saturated rings. The Morgan fingerprint density at radius 2 is 1.48 bits per heavy atom. The predicted molar refractivity (Wildman–Crippen MR) is 101 cm³/mol. The third-order valence-electron chi connectivity index (χ3n) is 5.96. The highest BCUT2D eigenvalue weighted by Crippen LogP contribution is 2.51. The van der Waals surface area contributed by atoms with Crippen LogP contribution in [0.5, 0.6) is 0 Å². The van der Waals surface area contributed by atoms with Gasteiger partial charge in [0.15, 0.2) is 0 Å². The molecule has 2 aromatic carbocycles. The minimum absolute atomic E-state index is 0.219. The van der Waals surface area contributed by atoms with E-state index in [1.165, 1.54) is 32.4 Å².